The summed E-state index contributed by atoms with van der Waals surface area (Å²) >= 11 is 0. The minimum atomic E-state index is 0.343. The molecule has 0 fully saturated rings. The number of aromatic nitrogens is 2. The van der Waals surface area contributed by atoms with Crippen LogP contribution in [0.2, 0.25) is 0 Å². The summed E-state index contributed by atoms with van der Waals surface area (Å²) in [5.41, 5.74) is 1.41. The Balaban J connectivity index is 1.71. The van der Waals surface area contributed by atoms with Crippen molar-refractivity contribution in [2.75, 3.05) is 6.54 Å². The Morgan fingerprint density at radius 1 is 1.28 bits per heavy atom. The number of hydrogen-bond donors (Lipinski definition) is 2. The summed E-state index contributed by atoms with van der Waals surface area (Å²) in [5.74, 6) is 1.04. The molecule has 18 heavy (non-hydrogen) atoms. The lowest BCUT2D eigenvalue weighted by atomic mass is 10.1. The Labute approximate surface area is 109 Å². The van der Waals surface area contributed by atoms with E-state index in [0.717, 1.165) is 31.6 Å². The fraction of sp³-hybridized carbons (Fsp3) is 0.400. The number of hydrogen-bond acceptors (Lipinski definition) is 2. The molecule has 0 saturated carbocycles. The van der Waals surface area contributed by atoms with Crippen molar-refractivity contribution < 1.29 is 0 Å². The zero-order valence-electron chi connectivity index (χ0n) is 10.9. The van der Waals surface area contributed by atoms with E-state index in [9.17, 15) is 0 Å². The zero-order valence-corrected chi connectivity index (χ0v) is 10.9. The van der Waals surface area contributed by atoms with Crippen LogP contribution in [0.5, 0.6) is 0 Å². The summed E-state index contributed by atoms with van der Waals surface area (Å²) in [6, 6.07) is 11.0. The Kier molecular flexibility index (Phi) is 4.97. The Bertz CT molecular complexity index is 422. The van der Waals surface area contributed by atoms with E-state index in [2.05, 4.69) is 52.5 Å². The topological polar surface area (TPSA) is 40.7 Å². The van der Waals surface area contributed by atoms with Crippen LogP contribution in [-0.2, 0) is 6.42 Å². The molecule has 0 aliphatic rings. The lowest BCUT2D eigenvalue weighted by Gasteiger charge is -2.14. The van der Waals surface area contributed by atoms with Crippen LogP contribution in [-0.4, -0.2) is 16.5 Å². The highest BCUT2D eigenvalue weighted by atomic mass is 15.0. The lowest BCUT2D eigenvalue weighted by molar-refractivity contribution is 0.491. The van der Waals surface area contributed by atoms with Crippen molar-refractivity contribution in [3.63, 3.8) is 0 Å². The molecule has 0 spiro atoms. The summed E-state index contributed by atoms with van der Waals surface area (Å²) < 4.78 is 0. The summed E-state index contributed by atoms with van der Waals surface area (Å²) in [4.78, 5) is 7.48. The van der Waals surface area contributed by atoms with Crippen LogP contribution < -0.4 is 5.32 Å². The molecule has 1 heterocycles. The molecule has 0 saturated heterocycles. The number of aromatic amines is 1. The van der Waals surface area contributed by atoms with Crippen molar-refractivity contribution in [3.05, 3.63) is 54.1 Å². The molecule has 2 aromatic rings. The SMILES string of the molecule is CCC(NCCCc1ccccc1)c1ncc[nH]1. The molecular weight excluding hydrogens is 222 g/mol. The second-order valence-corrected chi connectivity index (χ2v) is 4.48. The quantitative estimate of drug-likeness (QED) is 0.734. The molecule has 2 N–H and O–H groups in total. The van der Waals surface area contributed by atoms with E-state index in [1.165, 1.54) is 5.56 Å². The molecular formula is C15H21N3. The smallest absolute Gasteiger partial charge is 0.123 e. The van der Waals surface area contributed by atoms with Gasteiger partial charge in [0.1, 0.15) is 5.82 Å². The molecule has 1 unspecified atom stereocenters. The van der Waals surface area contributed by atoms with E-state index in [0.29, 0.717) is 6.04 Å². The molecule has 2 rings (SSSR count). The second kappa shape index (κ2) is 6.97. The highest BCUT2D eigenvalue weighted by Crippen LogP contribution is 2.11. The number of H-pyrrole nitrogens is 1. The second-order valence-electron chi connectivity index (χ2n) is 4.48. The van der Waals surface area contributed by atoms with E-state index in [1.807, 2.05) is 12.4 Å². The number of rotatable bonds is 7. The first-order valence-corrected chi connectivity index (χ1v) is 6.66. The summed E-state index contributed by atoms with van der Waals surface area (Å²) in [6.45, 7) is 3.20. The van der Waals surface area contributed by atoms with Crippen molar-refractivity contribution in [1.29, 1.82) is 0 Å². The third-order valence-electron chi connectivity index (χ3n) is 3.13. The van der Waals surface area contributed by atoms with Crippen molar-refractivity contribution in [2.24, 2.45) is 0 Å². The van der Waals surface area contributed by atoms with E-state index >= 15 is 0 Å². The van der Waals surface area contributed by atoms with E-state index in [1.54, 1.807) is 0 Å². The maximum absolute atomic E-state index is 4.31. The van der Waals surface area contributed by atoms with E-state index in [4.69, 9.17) is 0 Å². The monoisotopic (exact) mass is 243 g/mol. The first-order chi connectivity index (χ1) is 8.90. The predicted molar refractivity (Wildman–Crippen MR) is 74.4 cm³/mol. The normalized spacial score (nSPS) is 12.5. The van der Waals surface area contributed by atoms with Crippen molar-refractivity contribution >= 4 is 0 Å². The van der Waals surface area contributed by atoms with Crippen LogP contribution in [0.25, 0.3) is 0 Å². The first-order valence-electron chi connectivity index (χ1n) is 6.66. The highest BCUT2D eigenvalue weighted by Gasteiger charge is 2.09. The standard InChI is InChI=1S/C15H21N3/c1-2-14(15-17-11-12-18-15)16-10-6-9-13-7-4-3-5-8-13/h3-5,7-8,11-12,14,16H,2,6,9-10H2,1H3,(H,17,18). The molecule has 1 atom stereocenters. The minimum Gasteiger partial charge on any atom is -0.347 e. The number of imidazole rings is 1. The third-order valence-corrected chi connectivity index (χ3v) is 3.13. The van der Waals surface area contributed by atoms with E-state index in [-0.39, 0.29) is 0 Å². The molecule has 3 nitrogen and oxygen atoms in total. The van der Waals surface area contributed by atoms with Gasteiger partial charge in [-0.1, -0.05) is 37.3 Å². The van der Waals surface area contributed by atoms with Gasteiger partial charge in [-0.05, 0) is 31.4 Å². The zero-order chi connectivity index (χ0) is 12.6. The molecule has 0 amide bonds. The van der Waals surface area contributed by atoms with Crippen LogP contribution in [0, 0.1) is 0 Å². The fourth-order valence-electron chi connectivity index (χ4n) is 2.12. The van der Waals surface area contributed by atoms with Gasteiger partial charge >= 0.3 is 0 Å². The van der Waals surface area contributed by atoms with Gasteiger partial charge in [0, 0.05) is 12.4 Å². The van der Waals surface area contributed by atoms with Crippen LogP contribution in [0.1, 0.15) is 37.2 Å². The fourth-order valence-corrected chi connectivity index (χ4v) is 2.12. The molecule has 3 heteroatoms. The molecule has 1 aromatic heterocycles. The van der Waals surface area contributed by atoms with Gasteiger partial charge in [-0.15, -0.1) is 0 Å². The van der Waals surface area contributed by atoms with Gasteiger partial charge < -0.3 is 10.3 Å². The Morgan fingerprint density at radius 2 is 2.11 bits per heavy atom. The highest BCUT2D eigenvalue weighted by molar-refractivity contribution is 5.14. The maximum atomic E-state index is 4.31. The number of nitrogens with one attached hydrogen (secondary N) is 2. The van der Waals surface area contributed by atoms with Crippen molar-refractivity contribution in [1.82, 2.24) is 15.3 Å². The number of aryl methyl sites for hydroxylation is 1. The Morgan fingerprint density at radius 3 is 2.78 bits per heavy atom. The van der Waals surface area contributed by atoms with Gasteiger partial charge in [0.2, 0.25) is 0 Å². The third kappa shape index (κ3) is 3.70. The average Bonchev–Trinajstić information content (AvgIpc) is 2.94. The van der Waals surface area contributed by atoms with E-state index < -0.39 is 0 Å². The van der Waals surface area contributed by atoms with Crippen LogP contribution >= 0.6 is 0 Å². The van der Waals surface area contributed by atoms with Crippen molar-refractivity contribution in [2.45, 2.75) is 32.2 Å². The van der Waals surface area contributed by atoms with Crippen molar-refractivity contribution in [3.8, 4) is 0 Å². The van der Waals surface area contributed by atoms with Crippen LogP contribution in [0.4, 0.5) is 0 Å². The van der Waals surface area contributed by atoms with Crippen LogP contribution in [0.3, 0.4) is 0 Å². The molecule has 0 bridgehead atoms. The minimum absolute atomic E-state index is 0.343. The number of nitrogens with zero attached hydrogens (tertiary/aromatic N) is 1. The van der Waals surface area contributed by atoms with Gasteiger partial charge in [0.25, 0.3) is 0 Å². The number of benzene rings is 1. The van der Waals surface area contributed by atoms with Gasteiger partial charge in [0.05, 0.1) is 6.04 Å². The maximum Gasteiger partial charge on any atom is 0.123 e. The summed E-state index contributed by atoms with van der Waals surface area (Å²) in [5, 5.41) is 3.55. The van der Waals surface area contributed by atoms with Gasteiger partial charge in [-0.25, -0.2) is 4.98 Å². The summed E-state index contributed by atoms with van der Waals surface area (Å²) in [6.07, 6.45) is 7.02. The lowest BCUT2D eigenvalue weighted by Crippen LogP contribution is -2.23. The average molecular weight is 243 g/mol. The molecule has 0 radical (unpaired) electrons. The van der Waals surface area contributed by atoms with Gasteiger partial charge in [-0.2, -0.15) is 0 Å². The molecule has 0 aliphatic heterocycles. The van der Waals surface area contributed by atoms with Gasteiger partial charge in [-0.3, -0.25) is 0 Å². The molecule has 96 valence electrons. The van der Waals surface area contributed by atoms with Gasteiger partial charge in [0.15, 0.2) is 0 Å². The molecule has 1 aromatic carbocycles. The first kappa shape index (κ1) is 12.8. The molecule has 0 aliphatic carbocycles. The Hall–Kier alpha value is -1.61. The van der Waals surface area contributed by atoms with Crippen LogP contribution in [0.15, 0.2) is 42.7 Å². The summed E-state index contributed by atoms with van der Waals surface area (Å²) in [7, 11) is 0. The predicted octanol–water partition coefficient (Wildman–Crippen LogP) is 3.08. The largest absolute Gasteiger partial charge is 0.347 e.